The van der Waals surface area contributed by atoms with Crippen molar-refractivity contribution < 1.29 is 18.3 Å². The molecule has 24 heavy (non-hydrogen) atoms. The second-order valence-corrected chi connectivity index (χ2v) is 5.22. The van der Waals surface area contributed by atoms with Gasteiger partial charge in [0.2, 0.25) is 0 Å². The van der Waals surface area contributed by atoms with E-state index in [9.17, 15) is 13.2 Å². The van der Waals surface area contributed by atoms with E-state index in [1.165, 1.54) is 12.1 Å². The van der Waals surface area contributed by atoms with E-state index in [2.05, 4.69) is 21.9 Å². The zero-order chi connectivity index (χ0) is 17.3. The van der Waals surface area contributed by atoms with E-state index in [1.807, 2.05) is 0 Å². The van der Waals surface area contributed by atoms with Crippen LogP contribution in [0.4, 0.5) is 19.0 Å². The van der Waals surface area contributed by atoms with E-state index >= 15 is 0 Å². The van der Waals surface area contributed by atoms with Gasteiger partial charge in [0.25, 0.3) is 0 Å². The Balaban J connectivity index is 2.24. The molecule has 0 aliphatic rings. The number of nitrogens with zero attached hydrogens (tertiary/aromatic N) is 3. The first kappa shape index (κ1) is 16.3. The van der Waals surface area contributed by atoms with Gasteiger partial charge in [0.1, 0.15) is 0 Å². The van der Waals surface area contributed by atoms with E-state index < -0.39 is 11.7 Å². The highest BCUT2D eigenvalue weighted by Crippen LogP contribution is 2.35. The van der Waals surface area contributed by atoms with Crippen LogP contribution in [0.3, 0.4) is 0 Å². The predicted octanol–water partition coefficient (Wildman–Crippen LogP) is 3.34. The molecule has 0 atom stereocenters. The van der Waals surface area contributed by atoms with Crippen LogP contribution in [-0.2, 0) is 6.18 Å². The zero-order valence-corrected chi connectivity index (χ0v) is 12.6. The maximum Gasteiger partial charge on any atom is 0.417 e. The Hall–Kier alpha value is -2.61. The molecule has 0 bridgehead atoms. The largest absolute Gasteiger partial charge is 0.417 e. The molecule has 2 heterocycles. The fourth-order valence-corrected chi connectivity index (χ4v) is 2.54. The maximum atomic E-state index is 13.2. The molecule has 0 radical (unpaired) electrons. The van der Waals surface area contributed by atoms with Gasteiger partial charge in [0.15, 0.2) is 11.5 Å². The lowest BCUT2D eigenvalue weighted by molar-refractivity contribution is -0.137. The standard InChI is InChI=1S/C16H15F3N4O/c1-2-10-8-13-12(9-11(10)16(17,18)19)22-14(20-4-3-7-24)15-21-5-6-23(13)15/h2,5-6,8-9,24H,1,3-4,7H2,(H,20,22). The highest BCUT2D eigenvalue weighted by Gasteiger charge is 2.33. The van der Waals surface area contributed by atoms with Gasteiger partial charge in [-0.15, -0.1) is 0 Å². The first-order valence-corrected chi connectivity index (χ1v) is 7.31. The third-order valence-electron chi connectivity index (χ3n) is 3.64. The van der Waals surface area contributed by atoms with Crippen molar-refractivity contribution in [2.24, 2.45) is 0 Å². The molecule has 0 amide bonds. The monoisotopic (exact) mass is 336 g/mol. The molecule has 5 nitrogen and oxygen atoms in total. The Morgan fingerprint density at radius 1 is 1.33 bits per heavy atom. The van der Waals surface area contributed by atoms with Gasteiger partial charge in [-0.05, 0) is 24.1 Å². The first-order chi connectivity index (χ1) is 11.5. The van der Waals surface area contributed by atoms with E-state index in [4.69, 9.17) is 5.11 Å². The number of nitrogens with one attached hydrogen (secondary N) is 1. The Kier molecular flexibility index (Phi) is 4.15. The summed E-state index contributed by atoms with van der Waals surface area (Å²) in [5.41, 5.74) is 0.435. The number of anilines is 1. The van der Waals surface area contributed by atoms with E-state index in [0.717, 1.165) is 6.07 Å². The molecule has 0 aliphatic carbocycles. The summed E-state index contributed by atoms with van der Waals surface area (Å²) in [6.07, 6.45) is 0.400. The van der Waals surface area contributed by atoms with Crippen molar-refractivity contribution in [3.8, 4) is 0 Å². The number of imidazole rings is 1. The van der Waals surface area contributed by atoms with Gasteiger partial charge in [-0.2, -0.15) is 13.2 Å². The number of hydrogen-bond acceptors (Lipinski definition) is 4. The van der Waals surface area contributed by atoms with Gasteiger partial charge in [-0.1, -0.05) is 12.7 Å². The third kappa shape index (κ3) is 2.80. The Bertz CT molecular complexity index is 902. The number of aliphatic hydroxyl groups is 1. The quantitative estimate of drug-likeness (QED) is 0.702. The van der Waals surface area contributed by atoms with E-state index in [-0.39, 0.29) is 17.7 Å². The Labute approximate surface area is 135 Å². The van der Waals surface area contributed by atoms with Crippen LogP contribution in [0.25, 0.3) is 22.8 Å². The fraction of sp³-hybridized carbons (Fsp3) is 0.250. The van der Waals surface area contributed by atoms with Crippen LogP contribution in [0, 0.1) is 0 Å². The fourth-order valence-electron chi connectivity index (χ4n) is 2.54. The molecule has 0 fully saturated rings. The summed E-state index contributed by atoms with van der Waals surface area (Å²) in [5, 5.41) is 11.9. The van der Waals surface area contributed by atoms with Gasteiger partial charge in [-0.3, -0.25) is 4.40 Å². The summed E-state index contributed by atoms with van der Waals surface area (Å²) in [4.78, 5) is 8.49. The van der Waals surface area contributed by atoms with Crippen molar-refractivity contribution in [3.63, 3.8) is 0 Å². The van der Waals surface area contributed by atoms with E-state index in [1.54, 1.807) is 16.8 Å². The molecule has 0 saturated carbocycles. The van der Waals surface area contributed by atoms with Crippen LogP contribution < -0.4 is 5.32 Å². The van der Waals surface area contributed by atoms with Crippen molar-refractivity contribution >= 4 is 28.6 Å². The second kappa shape index (κ2) is 6.12. The SMILES string of the molecule is C=Cc1cc2c(cc1C(F)(F)F)nc(NCCCO)c1nccn12. The van der Waals surface area contributed by atoms with Crippen LogP contribution >= 0.6 is 0 Å². The number of aromatic nitrogens is 3. The predicted molar refractivity (Wildman–Crippen MR) is 85.8 cm³/mol. The first-order valence-electron chi connectivity index (χ1n) is 7.31. The molecule has 2 aromatic heterocycles. The smallest absolute Gasteiger partial charge is 0.396 e. The Morgan fingerprint density at radius 2 is 2.12 bits per heavy atom. The van der Waals surface area contributed by atoms with Crippen LogP contribution in [0.15, 0.2) is 31.1 Å². The lowest BCUT2D eigenvalue weighted by atomic mass is 10.1. The van der Waals surface area contributed by atoms with Crippen LogP contribution in [0.2, 0.25) is 0 Å². The Morgan fingerprint density at radius 3 is 2.79 bits per heavy atom. The minimum Gasteiger partial charge on any atom is -0.396 e. The summed E-state index contributed by atoms with van der Waals surface area (Å²) < 4.78 is 41.4. The lowest BCUT2D eigenvalue weighted by Gasteiger charge is -2.14. The summed E-state index contributed by atoms with van der Waals surface area (Å²) in [6, 6.07) is 2.42. The molecular formula is C16H15F3N4O. The summed E-state index contributed by atoms with van der Waals surface area (Å²) >= 11 is 0. The lowest BCUT2D eigenvalue weighted by Crippen LogP contribution is -2.10. The number of alkyl halides is 3. The topological polar surface area (TPSA) is 62.5 Å². The second-order valence-electron chi connectivity index (χ2n) is 5.22. The third-order valence-corrected chi connectivity index (χ3v) is 3.64. The summed E-state index contributed by atoms with van der Waals surface area (Å²) in [7, 11) is 0. The molecule has 0 unspecified atom stereocenters. The number of fused-ring (bicyclic) bond motifs is 3. The van der Waals surface area contributed by atoms with Gasteiger partial charge in [0.05, 0.1) is 16.6 Å². The zero-order valence-electron chi connectivity index (χ0n) is 12.6. The van der Waals surface area contributed by atoms with Crippen molar-refractivity contribution in [2.45, 2.75) is 12.6 Å². The van der Waals surface area contributed by atoms with Crippen LogP contribution in [0.5, 0.6) is 0 Å². The number of hydrogen-bond donors (Lipinski definition) is 2. The molecule has 0 aliphatic heterocycles. The number of rotatable bonds is 5. The van der Waals surface area contributed by atoms with Crippen LogP contribution in [-0.4, -0.2) is 32.6 Å². The summed E-state index contributed by atoms with van der Waals surface area (Å²) in [5.74, 6) is 0.375. The molecule has 126 valence electrons. The van der Waals surface area contributed by atoms with Gasteiger partial charge in [-0.25, -0.2) is 9.97 Å². The van der Waals surface area contributed by atoms with Gasteiger partial charge in [0, 0.05) is 25.5 Å². The average Bonchev–Trinajstić information content (AvgIpc) is 3.03. The highest BCUT2D eigenvalue weighted by atomic mass is 19.4. The van der Waals surface area contributed by atoms with Crippen molar-refractivity contribution in [1.29, 1.82) is 0 Å². The van der Waals surface area contributed by atoms with Gasteiger partial charge < -0.3 is 10.4 Å². The minimum atomic E-state index is -4.49. The van der Waals surface area contributed by atoms with Crippen molar-refractivity contribution in [3.05, 3.63) is 42.2 Å². The number of halogens is 3. The van der Waals surface area contributed by atoms with Gasteiger partial charge >= 0.3 is 6.18 Å². The molecular weight excluding hydrogens is 321 g/mol. The molecule has 2 N–H and O–H groups in total. The van der Waals surface area contributed by atoms with Crippen molar-refractivity contribution in [2.75, 3.05) is 18.5 Å². The maximum absolute atomic E-state index is 13.2. The number of benzene rings is 1. The molecule has 0 spiro atoms. The van der Waals surface area contributed by atoms with E-state index in [0.29, 0.717) is 29.9 Å². The molecule has 3 rings (SSSR count). The van der Waals surface area contributed by atoms with Crippen molar-refractivity contribution in [1.82, 2.24) is 14.4 Å². The minimum absolute atomic E-state index is 0.00617. The van der Waals surface area contributed by atoms with Crippen LogP contribution in [0.1, 0.15) is 17.5 Å². The molecule has 0 saturated heterocycles. The average molecular weight is 336 g/mol. The normalized spacial score (nSPS) is 12.0. The highest BCUT2D eigenvalue weighted by molar-refractivity contribution is 5.85. The molecule has 3 aromatic rings. The molecule has 8 heteroatoms. The summed E-state index contributed by atoms with van der Waals surface area (Å²) in [6.45, 7) is 3.91. The number of aliphatic hydroxyl groups excluding tert-OH is 1. The molecule has 1 aromatic carbocycles.